The van der Waals surface area contributed by atoms with Crippen molar-refractivity contribution in [3.8, 4) is 0 Å². The Hall–Kier alpha value is -1.05. The standard InChI is InChI=1S/C11H11BrN2O3S/c1-17-5-8(12)4-7-2-3-9-10(13-6-18-9)11(7)14(15)16/h2-3,6,8H,4-5H2,1H3. The first-order chi connectivity index (χ1) is 8.63. The molecule has 0 aliphatic heterocycles. The predicted octanol–water partition coefficient (Wildman–Crippen LogP) is 3.16. The van der Waals surface area contributed by atoms with E-state index in [-0.39, 0.29) is 15.4 Å². The number of fused-ring (bicyclic) bond motifs is 1. The normalized spacial score (nSPS) is 12.8. The summed E-state index contributed by atoms with van der Waals surface area (Å²) in [6.07, 6.45) is 0.539. The van der Waals surface area contributed by atoms with Crippen LogP contribution in [0.15, 0.2) is 17.6 Å². The molecule has 0 aliphatic rings. The van der Waals surface area contributed by atoms with E-state index < -0.39 is 0 Å². The Labute approximate surface area is 116 Å². The van der Waals surface area contributed by atoms with Crippen LogP contribution in [0.1, 0.15) is 5.56 Å². The fourth-order valence-corrected chi connectivity index (χ4v) is 3.10. The summed E-state index contributed by atoms with van der Waals surface area (Å²) in [6, 6.07) is 3.67. The minimum Gasteiger partial charge on any atom is -0.384 e. The van der Waals surface area contributed by atoms with Gasteiger partial charge in [-0.3, -0.25) is 10.1 Å². The van der Waals surface area contributed by atoms with Gasteiger partial charge < -0.3 is 4.74 Å². The van der Waals surface area contributed by atoms with Crippen LogP contribution in [-0.2, 0) is 11.2 Å². The van der Waals surface area contributed by atoms with Crippen LogP contribution in [0, 0.1) is 10.1 Å². The number of rotatable bonds is 5. The molecular weight excluding hydrogens is 320 g/mol. The van der Waals surface area contributed by atoms with Gasteiger partial charge in [0.1, 0.15) is 0 Å². The number of aromatic nitrogens is 1. The molecule has 96 valence electrons. The second kappa shape index (κ2) is 5.73. The van der Waals surface area contributed by atoms with E-state index >= 15 is 0 Å². The maximum absolute atomic E-state index is 11.2. The molecule has 1 aromatic heterocycles. The lowest BCUT2D eigenvalue weighted by atomic mass is 10.1. The fourth-order valence-electron chi connectivity index (χ4n) is 1.81. The Morgan fingerprint density at radius 3 is 3.06 bits per heavy atom. The summed E-state index contributed by atoms with van der Waals surface area (Å²) in [4.78, 5) is 15.0. The molecule has 1 unspecified atom stereocenters. The van der Waals surface area contributed by atoms with Gasteiger partial charge in [-0.1, -0.05) is 22.0 Å². The number of nitro benzene ring substituents is 1. The molecule has 7 heteroatoms. The highest BCUT2D eigenvalue weighted by Gasteiger charge is 2.22. The number of alkyl halides is 1. The van der Waals surface area contributed by atoms with E-state index in [0.29, 0.717) is 24.1 Å². The molecule has 0 fully saturated rings. The van der Waals surface area contributed by atoms with Crippen molar-refractivity contribution >= 4 is 43.2 Å². The monoisotopic (exact) mass is 330 g/mol. The zero-order chi connectivity index (χ0) is 13.1. The largest absolute Gasteiger partial charge is 0.384 e. The van der Waals surface area contributed by atoms with E-state index in [1.165, 1.54) is 11.3 Å². The zero-order valence-electron chi connectivity index (χ0n) is 9.63. The van der Waals surface area contributed by atoms with Crippen LogP contribution >= 0.6 is 27.3 Å². The SMILES string of the molecule is COCC(Br)Cc1ccc2scnc2c1[N+](=O)[O-]. The summed E-state index contributed by atoms with van der Waals surface area (Å²) in [5, 5.41) is 11.2. The summed E-state index contributed by atoms with van der Waals surface area (Å²) >= 11 is 4.85. The van der Waals surface area contributed by atoms with Crippen molar-refractivity contribution in [2.45, 2.75) is 11.2 Å². The second-order valence-electron chi connectivity index (χ2n) is 3.79. The number of hydrogen-bond acceptors (Lipinski definition) is 5. The molecule has 1 aromatic carbocycles. The topological polar surface area (TPSA) is 65.3 Å². The van der Waals surface area contributed by atoms with Gasteiger partial charge in [-0.25, -0.2) is 4.98 Å². The van der Waals surface area contributed by atoms with Crippen LogP contribution in [-0.4, -0.2) is 28.5 Å². The number of hydrogen-bond donors (Lipinski definition) is 0. The van der Waals surface area contributed by atoms with Crippen molar-refractivity contribution in [1.29, 1.82) is 0 Å². The first-order valence-corrected chi connectivity index (χ1v) is 7.05. The van der Waals surface area contributed by atoms with Crippen molar-refractivity contribution in [2.75, 3.05) is 13.7 Å². The van der Waals surface area contributed by atoms with Crippen molar-refractivity contribution < 1.29 is 9.66 Å². The van der Waals surface area contributed by atoms with Crippen molar-refractivity contribution in [3.05, 3.63) is 33.3 Å². The number of ether oxygens (including phenoxy) is 1. The molecule has 0 saturated carbocycles. The Bertz CT molecular complexity index is 572. The maximum Gasteiger partial charge on any atom is 0.299 e. The van der Waals surface area contributed by atoms with E-state index in [9.17, 15) is 10.1 Å². The molecule has 5 nitrogen and oxygen atoms in total. The van der Waals surface area contributed by atoms with Gasteiger partial charge in [0.25, 0.3) is 5.69 Å². The summed E-state index contributed by atoms with van der Waals surface area (Å²) < 4.78 is 5.85. The maximum atomic E-state index is 11.2. The molecule has 1 atom stereocenters. The third-order valence-electron chi connectivity index (χ3n) is 2.53. The number of thiazole rings is 1. The molecule has 0 amide bonds. The van der Waals surface area contributed by atoms with E-state index in [1.54, 1.807) is 18.7 Å². The van der Waals surface area contributed by atoms with E-state index in [2.05, 4.69) is 20.9 Å². The van der Waals surface area contributed by atoms with Crippen LogP contribution in [0.5, 0.6) is 0 Å². The van der Waals surface area contributed by atoms with Gasteiger partial charge in [-0.05, 0) is 12.5 Å². The Balaban J connectivity index is 2.43. The molecule has 0 aliphatic carbocycles. The molecule has 0 N–H and O–H groups in total. The summed E-state index contributed by atoms with van der Waals surface area (Å²) in [5.41, 5.74) is 2.88. The average molecular weight is 331 g/mol. The highest BCUT2D eigenvalue weighted by atomic mass is 79.9. The van der Waals surface area contributed by atoms with Crippen molar-refractivity contribution in [2.24, 2.45) is 0 Å². The highest BCUT2D eigenvalue weighted by Crippen LogP contribution is 2.32. The van der Waals surface area contributed by atoms with Crippen LogP contribution in [0.3, 0.4) is 0 Å². The molecule has 0 saturated heterocycles. The smallest absolute Gasteiger partial charge is 0.299 e. The highest BCUT2D eigenvalue weighted by molar-refractivity contribution is 9.09. The molecule has 2 aromatic rings. The molecule has 0 bridgehead atoms. The van der Waals surface area contributed by atoms with Gasteiger partial charge in [-0.15, -0.1) is 11.3 Å². The third kappa shape index (κ3) is 2.68. The number of benzene rings is 1. The van der Waals surface area contributed by atoms with Crippen LogP contribution in [0.2, 0.25) is 0 Å². The summed E-state index contributed by atoms with van der Waals surface area (Å²) in [5.74, 6) is 0. The molecule has 1 heterocycles. The quantitative estimate of drug-likeness (QED) is 0.480. The van der Waals surface area contributed by atoms with Gasteiger partial charge in [-0.2, -0.15) is 0 Å². The molecule has 0 spiro atoms. The average Bonchev–Trinajstić information content (AvgIpc) is 2.76. The van der Waals surface area contributed by atoms with E-state index in [0.717, 1.165) is 4.70 Å². The van der Waals surface area contributed by atoms with Gasteiger partial charge in [0.15, 0.2) is 5.52 Å². The Kier molecular flexibility index (Phi) is 4.26. The van der Waals surface area contributed by atoms with Crippen molar-refractivity contribution in [1.82, 2.24) is 4.98 Å². The first-order valence-electron chi connectivity index (χ1n) is 5.26. The lowest BCUT2D eigenvalue weighted by Gasteiger charge is -2.09. The predicted molar refractivity (Wildman–Crippen MR) is 74.6 cm³/mol. The molecule has 2 rings (SSSR count). The van der Waals surface area contributed by atoms with E-state index in [4.69, 9.17) is 4.74 Å². The fraction of sp³-hybridized carbons (Fsp3) is 0.364. The third-order valence-corrected chi connectivity index (χ3v) is 3.91. The molecule has 0 radical (unpaired) electrons. The molecular formula is C11H11BrN2O3S. The lowest BCUT2D eigenvalue weighted by molar-refractivity contribution is -0.383. The van der Waals surface area contributed by atoms with Gasteiger partial charge in [0.05, 0.1) is 21.7 Å². The summed E-state index contributed by atoms with van der Waals surface area (Å²) in [6.45, 7) is 0.506. The minimum atomic E-state index is -0.357. The van der Waals surface area contributed by atoms with E-state index in [1.807, 2.05) is 6.07 Å². The Morgan fingerprint density at radius 1 is 1.61 bits per heavy atom. The van der Waals surface area contributed by atoms with Gasteiger partial charge in [0, 0.05) is 17.5 Å². The summed E-state index contributed by atoms with van der Waals surface area (Å²) in [7, 11) is 1.60. The number of nitrogens with zero attached hydrogens (tertiary/aromatic N) is 2. The number of nitro groups is 1. The van der Waals surface area contributed by atoms with Crippen LogP contribution in [0.25, 0.3) is 10.2 Å². The molecule has 18 heavy (non-hydrogen) atoms. The van der Waals surface area contributed by atoms with Crippen LogP contribution < -0.4 is 0 Å². The minimum absolute atomic E-state index is 0.0530. The zero-order valence-corrected chi connectivity index (χ0v) is 12.0. The van der Waals surface area contributed by atoms with Crippen molar-refractivity contribution in [3.63, 3.8) is 0 Å². The van der Waals surface area contributed by atoms with Crippen LogP contribution in [0.4, 0.5) is 5.69 Å². The Morgan fingerprint density at radius 2 is 2.39 bits per heavy atom. The lowest BCUT2D eigenvalue weighted by Crippen LogP contribution is -2.11. The van der Waals surface area contributed by atoms with Gasteiger partial charge >= 0.3 is 0 Å². The first kappa shape index (κ1) is 13.4. The number of halogens is 1. The second-order valence-corrected chi connectivity index (χ2v) is 5.97. The number of methoxy groups -OCH3 is 1. The van der Waals surface area contributed by atoms with Gasteiger partial charge in [0.2, 0.25) is 0 Å².